The van der Waals surface area contributed by atoms with Gasteiger partial charge >= 0.3 is 0 Å². The third kappa shape index (κ3) is 1.90. The monoisotopic (exact) mass is 292 g/mol. The highest BCUT2D eigenvalue weighted by atomic mass is 15.3. The highest BCUT2D eigenvalue weighted by Gasteiger charge is 2.26. The molecule has 0 amide bonds. The zero-order chi connectivity index (χ0) is 15.3. The number of hydrogen-bond donors (Lipinski definition) is 1. The molecule has 0 saturated heterocycles. The van der Waals surface area contributed by atoms with Gasteiger partial charge in [0.1, 0.15) is 0 Å². The second-order valence-corrected chi connectivity index (χ2v) is 6.28. The van der Waals surface area contributed by atoms with E-state index in [0.29, 0.717) is 6.04 Å². The number of nitrogens with zero attached hydrogens (tertiary/aromatic N) is 3. The summed E-state index contributed by atoms with van der Waals surface area (Å²) in [6.45, 7) is 7.39. The van der Waals surface area contributed by atoms with Crippen molar-refractivity contribution in [1.29, 1.82) is 0 Å². The molecule has 1 aliphatic heterocycles. The largest absolute Gasteiger partial charge is 0.355 e. The quantitative estimate of drug-likeness (QED) is 0.746. The summed E-state index contributed by atoms with van der Waals surface area (Å²) in [5.41, 5.74) is 6.40. The Labute approximate surface area is 130 Å². The van der Waals surface area contributed by atoms with Crippen LogP contribution < -0.4 is 4.90 Å². The number of benzene rings is 1. The average molecular weight is 292 g/mol. The van der Waals surface area contributed by atoms with Crippen LogP contribution in [-0.2, 0) is 13.0 Å². The van der Waals surface area contributed by atoms with E-state index in [4.69, 9.17) is 0 Å². The third-order valence-electron chi connectivity index (χ3n) is 4.89. The Hall–Kier alpha value is -2.36. The van der Waals surface area contributed by atoms with Crippen molar-refractivity contribution in [3.05, 3.63) is 52.8 Å². The maximum Gasteiger partial charge on any atom is 0.176 e. The van der Waals surface area contributed by atoms with Crippen LogP contribution in [0.25, 0.3) is 10.9 Å². The number of hydrogen-bond acceptors (Lipinski definition) is 3. The standard InChI is InChI=1S/C18H20N4/c1-11-8-14-6-4-5-7-15(14)10-22(11)18-17-16(9-19-21-18)12(2)13(3)20-17/h4-7,9,11,20H,8,10H2,1-3H3. The van der Waals surface area contributed by atoms with E-state index in [0.717, 1.165) is 24.3 Å². The van der Waals surface area contributed by atoms with Crippen molar-refractivity contribution in [3.63, 3.8) is 0 Å². The predicted molar refractivity (Wildman–Crippen MR) is 89.2 cm³/mol. The molecule has 0 fully saturated rings. The van der Waals surface area contributed by atoms with Crippen LogP contribution in [-0.4, -0.2) is 21.2 Å². The van der Waals surface area contributed by atoms with Crippen molar-refractivity contribution in [2.75, 3.05) is 4.90 Å². The normalized spacial score (nSPS) is 17.8. The van der Waals surface area contributed by atoms with Crippen molar-refractivity contribution >= 4 is 16.7 Å². The van der Waals surface area contributed by atoms with E-state index >= 15 is 0 Å². The summed E-state index contributed by atoms with van der Waals surface area (Å²) < 4.78 is 0. The van der Waals surface area contributed by atoms with Gasteiger partial charge in [-0.25, -0.2) is 0 Å². The SMILES string of the molecule is Cc1[nH]c2c(N3Cc4ccccc4CC3C)nncc2c1C. The molecule has 2 aromatic heterocycles. The molecule has 1 unspecified atom stereocenters. The molecule has 0 radical (unpaired) electrons. The number of anilines is 1. The fourth-order valence-corrected chi connectivity index (χ4v) is 3.43. The van der Waals surface area contributed by atoms with Crippen LogP contribution in [0, 0.1) is 13.8 Å². The fraction of sp³-hybridized carbons (Fsp3) is 0.333. The third-order valence-corrected chi connectivity index (χ3v) is 4.89. The lowest BCUT2D eigenvalue weighted by Gasteiger charge is -2.35. The first-order chi connectivity index (χ1) is 10.6. The Balaban J connectivity index is 1.84. The maximum absolute atomic E-state index is 4.45. The highest BCUT2D eigenvalue weighted by molar-refractivity contribution is 5.92. The Morgan fingerprint density at radius 2 is 1.95 bits per heavy atom. The van der Waals surface area contributed by atoms with Crippen molar-refractivity contribution in [3.8, 4) is 0 Å². The van der Waals surface area contributed by atoms with Gasteiger partial charge in [-0.1, -0.05) is 24.3 Å². The minimum atomic E-state index is 0.415. The van der Waals surface area contributed by atoms with Crippen molar-refractivity contribution in [2.24, 2.45) is 0 Å². The van der Waals surface area contributed by atoms with Crippen LogP contribution in [0.4, 0.5) is 5.82 Å². The highest BCUT2D eigenvalue weighted by Crippen LogP contribution is 2.32. The van der Waals surface area contributed by atoms with E-state index in [1.807, 2.05) is 6.20 Å². The van der Waals surface area contributed by atoms with Gasteiger partial charge in [-0.05, 0) is 43.9 Å². The van der Waals surface area contributed by atoms with Crippen LogP contribution in [0.1, 0.15) is 29.3 Å². The molecule has 0 bridgehead atoms. The average Bonchev–Trinajstić information content (AvgIpc) is 2.82. The summed E-state index contributed by atoms with van der Waals surface area (Å²) >= 11 is 0. The summed E-state index contributed by atoms with van der Waals surface area (Å²) in [7, 11) is 0. The number of aryl methyl sites for hydroxylation is 2. The lowest BCUT2D eigenvalue weighted by molar-refractivity contribution is 0.585. The Bertz CT molecular complexity index is 849. The number of aromatic nitrogens is 3. The van der Waals surface area contributed by atoms with Gasteiger partial charge in [-0.3, -0.25) is 0 Å². The molecule has 1 aliphatic rings. The number of rotatable bonds is 1. The molecule has 0 saturated carbocycles. The number of aromatic amines is 1. The molecule has 3 heterocycles. The second-order valence-electron chi connectivity index (χ2n) is 6.28. The molecule has 1 N–H and O–H groups in total. The van der Waals surface area contributed by atoms with E-state index in [1.165, 1.54) is 27.8 Å². The number of H-pyrrole nitrogens is 1. The van der Waals surface area contributed by atoms with Gasteiger partial charge in [-0.2, -0.15) is 5.10 Å². The van der Waals surface area contributed by atoms with Crippen molar-refractivity contribution < 1.29 is 0 Å². The number of fused-ring (bicyclic) bond motifs is 2. The molecule has 4 heteroatoms. The van der Waals surface area contributed by atoms with Gasteiger partial charge in [0.25, 0.3) is 0 Å². The minimum absolute atomic E-state index is 0.415. The van der Waals surface area contributed by atoms with Crippen LogP contribution in [0.15, 0.2) is 30.5 Å². The first-order valence-electron chi connectivity index (χ1n) is 7.79. The Kier molecular flexibility index (Phi) is 2.93. The zero-order valence-corrected chi connectivity index (χ0v) is 13.2. The van der Waals surface area contributed by atoms with Gasteiger partial charge in [0.2, 0.25) is 0 Å². The van der Waals surface area contributed by atoms with Gasteiger partial charge in [0.05, 0.1) is 11.7 Å². The van der Waals surface area contributed by atoms with Gasteiger partial charge in [0, 0.05) is 23.7 Å². The second kappa shape index (κ2) is 4.83. The first-order valence-corrected chi connectivity index (χ1v) is 7.79. The molecular formula is C18H20N4. The summed E-state index contributed by atoms with van der Waals surface area (Å²) in [6.07, 6.45) is 2.91. The first kappa shape index (κ1) is 13.3. The molecule has 4 rings (SSSR count). The number of nitrogens with one attached hydrogen (secondary N) is 1. The maximum atomic E-state index is 4.45. The smallest absolute Gasteiger partial charge is 0.176 e. The van der Waals surface area contributed by atoms with E-state index in [-0.39, 0.29) is 0 Å². The topological polar surface area (TPSA) is 44.8 Å². The summed E-state index contributed by atoms with van der Waals surface area (Å²) in [5.74, 6) is 0.968. The van der Waals surface area contributed by atoms with Crippen LogP contribution in [0.5, 0.6) is 0 Å². The minimum Gasteiger partial charge on any atom is -0.355 e. The van der Waals surface area contributed by atoms with Gasteiger partial charge < -0.3 is 9.88 Å². The lowest BCUT2D eigenvalue weighted by atomic mass is 9.95. The molecular weight excluding hydrogens is 272 g/mol. The lowest BCUT2D eigenvalue weighted by Crippen LogP contribution is -2.39. The Morgan fingerprint density at radius 3 is 2.77 bits per heavy atom. The van der Waals surface area contributed by atoms with E-state index in [9.17, 15) is 0 Å². The Morgan fingerprint density at radius 1 is 1.18 bits per heavy atom. The zero-order valence-electron chi connectivity index (χ0n) is 13.2. The molecule has 4 nitrogen and oxygen atoms in total. The van der Waals surface area contributed by atoms with E-state index in [2.05, 4.69) is 65.1 Å². The predicted octanol–water partition coefficient (Wildman–Crippen LogP) is 3.53. The molecule has 0 aliphatic carbocycles. The molecule has 1 atom stereocenters. The van der Waals surface area contributed by atoms with E-state index in [1.54, 1.807) is 0 Å². The summed E-state index contributed by atoms with van der Waals surface area (Å²) in [6, 6.07) is 9.10. The van der Waals surface area contributed by atoms with Gasteiger partial charge in [-0.15, -0.1) is 5.10 Å². The molecule has 3 aromatic rings. The van der Waals surface area contributed by atoms with Crippen molar-refractivity contribution in [1.82, 2.24) is 15.2 Å². The van der Waals surface area contributed by atoms with E-state index < -0.39 is 0 Å². The molecule has 0 spiro atoms. The van der Waals surface area contributed by atoms with Crippen molar-refractivity contribution in [2.45, 2.75) is 39.8 Å². The van der Waals surface area contributed by atoms with Crippen LogP contribution >= 0.6 is 0 Å². The van der Waals surface area contributed by atoms with Gasteiger partial charge in [0.15, 0.2) is 5.82 Å². The van der Waals surface area contributed by atoms with Crippen LogP contribution in [0.3, 0.4) is 0 Å². The summed E-state index contributed by atoms with van der Waals surface area (Å²) in [5, 5.41) is 9.87. The summed E-state index contributed by atoms with van der Waals surface area (Å²) in [4.78, 5) is 5.86. The molecule has 112 valence electrons. The fourth-order valence-electron chi connectivity index (χ4n) is 3.43. The van der Waals surface area contributed by atoms with Crippen LogP contribution in [0.2, 0.25) is 0 Å². The molecule has 1 aromatic carbocycles. The molecule has 22 heavy (non-hydrogen) atoms.